The van der Waals surface area contributed by atoms with Gasteiger partial charge in [-0.15, -0.1) is 0 Å². The summed E-state index contributed by atoms with van der Waals surface area (Å²) >= 11 is 2.09. The third-order valence-corrected chi connectivity index (χ3v) is 1.75. The molecule has 1 rings (SSSR count). The van der Waals surface area contributed by atoms with Crippen LogP contribution in [0.2, 0.25) is 0 Å². The zero-order valence-electron chi connectivity index (χ0n) is 7.42. The Kier molecular flexibility index (Phi) is 4.17. The Hall–Kier alpha value is -0.483. The maximum atomic E-state index is 5.33. The molecule has 0 N–H and O–H groups in total. The summed E-state index contributed by atoms with van der Waals surface area (Å²) in [4.78, 5) is 0. The number of ether oxygens (including phenoxy) is 1. The molecule has 58 valence electrons. The molecule has 0 saturated heterocycles. The predicted molar refractivity (Wildman–Crippen MR) is 51.7 cm³/mol. The summed E-state index contributed by atoms with van der Waals surface area (Å²) < 4.78 is 6.61. The van der Waals surface area contributed by atoms with Crippen molar-refractivity contribution in [3.63, 3.8) is 0 Å². The SMILES string of the molecule is [Li][c]1ccccc1COCC=C. The molecule has 2 heteroatoms. The van der Waals surface area contributed by atoms with E-state index in [0.29, 0.717) is 13.2 Å². The molecule has 1 nitrogen and oxygen atoms in total. The van der Waals surface area contributed by atoms with Crippen LogP contribution in [0.15, 0.2) is 36.9 Å². The summed E-state index contributed by atoms with van der Waals surface area (Å²) in [6.07, 6.45) is 1.76. The Labute approximate surface area is 82.6 Å². The number of hydrogen-bond acceptors (Lipinski definition) is 1. The molecule has 0 atom stereocenters. The third-order valence-electron chi connectivity index (χ3n) is 1.75. The fourth-order valence-corrected chi connectivity index (χ4v) is 1.02. The molecular weight excluding hydrogens is 143 g/mol. The van der Waals surface area contributed by atoms with E-state index in [9.17, 15) is 0 Å². The summed E-state index contributed by atoms with van der Waals surface area (Å²) in [5.74, 6) is 0. The quantitative estimate of drug-likeness (QED) is 0.359. The van der Waals surface area contributed by atoms with Crippen LogP contribution in [-0.2, 0) is 11.3 Å². The van der Waals surface area contributed by atoms with E-state index in [0.717, 1.165) is 0 Å². The minimum absolute atomic E-state index is 0.619. The van der Waals surface area contributed by atoms with E-state index in [-0.39, 0.29) is 0 Å². The van der Waals surface area contributed by atoms with Gasteiger partial charge < -0.3 is 0 Å². The molecule has 0 heterocycles. The van der Waals surface area contributed by atoms with E-state index in [2.05, 4.69) is 36.4 Å². The molecule has 0 fully saturated rings. The van der Waals surface area contributed by atoms with Gasteiger partial charge in [0.2, 0.25) is 0 Å². The van der Waals surface area contributed by atoms with Crippen LogP contribution in [0.3, 0.4) is 0 Å². The average molecular weight is 154 g/mol. The van der Waals surface area contributed by atoms with E-state index in [1.165, 1.54) is 9.80 Å². The molecule has 0 saturated carbocycles. The summed E-state index contributed by atoms with van der Waals surface area (Å²) in [6.45, 7) is 4.89. The molecular formula is C10H11LiO. The first kappa shape index (κ1) is 9.60. The summed E-state index contributed by atoms with van der Waals surface area (Å²) in [5, 5.41) is 0. The molecule has 0 radical (unpaired) electrons. The molecule has 0 amide bonds. The van der Waals surface area contributed by atoms with Crippen molar-refractivity contribution in [2.45, 2.75) is 6.61 Å². The van der Waals surface area contributed by atoms with Gasteiger partial charge in [0, 0.05) is 0 Å². The van der Waals surface area contributed by atoms with Gasteiger partial charge in [-0.3, -0.25) is 0 Å². The van der Waals surface area contributed by atoms with Gasteiger partial charge in [-0.1, -0.05) is 0 Å². The van der Waals surface area contributed by atoms with Crippen LogP contribution in [0.5, 0.6) is 0 Å². The van der Waals surface area contributed by atoms with Crippen LogP contribution in [0.1, 0.15) is 5.56 Å². The first-order valence-corrected chi connectivity index (χ1v) is 4.07. The van der Waals surface area contributed by atoms with Crippen molar-refractivity contribution < 1.29 is 4.74 Å². The molecule has 0 unspecified atom stereocenters. The monoisotopic (exact) mass is 154 g/mol. The molecule has 0 bridgehead atoms. The second-order valence-corrected chi connectivity index (χ2v) is 2.73. The average Bonchev–Trinajstić information content (AvgIpc) is 2.09. The second-order valence-electron chi connectivity index (χ2n) is 2.73. The van der Waals surface area contributed by atoms with E-state index in [4.69, 9.17) is 4.74 Å². The van der Waals surface area contributed by atoms with Gasteiger partial charge in [0.15, 0.2) is 0 Å². The normalized spacial score (nSPS) is 9.83. The van der Waals surface area contributed by atoms with Crippen LogP contribution >= 0.6 is 0 Å². The summed E-state index contributed by atoms with van der Waals surface area (Å²) in [6, 6.07) is 8.23. The topological polar surface area (TPSA) is 9.23 Å². The van der Waals surface area contributed by atoms with Crippen LogP contribution in [-0.4, -0.2) is 24.3 Å². The van der Waals surface area contributed by atoms with Crippen LogP contribution < -0.4 is 4.24 Å². The summed E-state index contributed by atoms with van der Waals surface area (Å²) in [7, 11) is 0. The Morgan fingerprint density at radius 1 is 1.42 bits per heavy atom. The summed E-state index contributed by atoms with van der Waals surface area (Å²) in [5.41, 5.74) is 1.25. The Balaban J connectivity index is 2.51. The molecule has 1 aromatic carbocycles. The van der Waals surface area contributed by atoms with E-state index >= 15 is 0 Å². The first-order valence-electron chi connectivity index (χ1n) is 4.07. The van der Waals surface area contributed by atoms with Gasteiger partial charge in [-0.2, -0.15) is 0 Å². The van der Waals surface area contributed by atoms with Crippen molar-refractivity contribution in [3.8, 4) is 0 Å². The predicted octanol–water partition coefficient (Wildman–Crippen LogP) is 1.18. The fraction of sp³-hybridized carbons (Fsp3) is 0.200. The molecule has 0 aliphatic carbocycles. The first-order chi connectivity index (χ1) is 5.84. The van der Waals surface area contributed by atoms with Crippen molar-refractivity contribution in [1.29, 1.82) is 0 Å². The van der Waals surface area contributed by atoms with Gasteiger partial charge in [-0.25, -0.2) is 0 Å². The van der Waals surface area contributed by atoms with Crippen LogP contribution in [0.25, 0.3) is 0 Å². The van der Waals surface area contributed by atoms with Crippen LogP contribution in [0.4, 0.5) is 0 Å². The van der Waals surface area contributed by atoms with Gasteiger partial charge in [0.1, 0.15) is 0 Å². The van der Waals surface area contributed by atoms with Crippen molar-refractivity contribution in [2.75, 3.05) is 6.61 Å². The molecule has 0 aliphatic heterocycles. The van der Waals surface area contributed by atoms with Gasteiger partial charge in [0.05, 0.1) is 0 Å². The standard InChI is InChI=1S/C10H11O.Li/c1-2-8-11-9-10-6-4-3-5-7-10;/h2-6H,1,8-9H2;. The zero-order chi connectivity index (χ0) is 8.81. The second kappa shape index (κ2) is 5.21. The maximum absolute atomic E-state index is 5.33. The van der Waals surface area contributed by atoms with E-state index in [1.54, 1.807) is 6.08 Å². The minimum atomic E-state index is 0.619. The van der Waals surface area contributed by atoms with Gasteiger partial charge in [0.25, 0.3) is 0 Å². The Bertz CT molecular complexity index is 258. The number of benzene rings is 1. The fourth-order valence-electron chi connectivity index (χ4n) is 1.02. The van der Waals surface area contributed by atoms with E-state index < -0.39 is 0 Å². The molecule has 0 aliphatic rings. The molecule has 12 heavy (non-hydrogen) atoms. The van der Waals surface area contributed by atoms with Crippen molar-refractivity contribution in [1.82, 2.24) is 0 Å². The molecule has 0 spiro atoms. The van der Waals surface area contributed by atoms with Crippen molar-refractivity contribution in [2.24, 2.45) is 0 Å². The Morgan fingerprint density at radius 3 is 2.83 bits per heavy atom. The Morgan fingerprint density at radius 2 is 2.17 bits per heavy atom. The van der Waals surface area contributed by atoms with Crippen LogP contribution in [0, 0.1) is 0 Å². The third kappa shape index (κ3) is 2.87. The van der Waals surface area contributed by atoms with Crippen molar-refractivity contribution >= 4 is 22.0 Å². The molecule has 1 aromatic rings. The number of rotatable bonds is 4. The number of hydrogen-bond donors (Lipinski definition) is 0. The van der Waals surface area contributed by atoms with Gasteiger partial charge >= 0.3 is 82.4 Å². The van der Waals surface area contributed by atoms with Crippen molar-refractivity contribution in [3.05, 3.63) is 42.5 Å². The zero-order valence-corrected chi connectivity index (χ0v) is 7.42. The van der Waals surface area contributed by atoms with Gasteiger partial charge in [-0.05, 0) is 0 Å². The molecule has 0 aromatic heterocycles. The van der Waals surface area contributed by atoms with E-state index in [1.807, 2.05) is 12.1 Å².